The van der Waals surface area contributed by atoms with E-state index in [0.717, 1.165) is 32.4 Å². The van der Waals surface area contributed by atoms with Gasteiger partial charge in [-0.2, -0.15) is 0 Å². The molecule has 0 aromatic heterocycles. The molecule has 98 valence electrons. The van der Waals surface area contributed by atoms with Gasteiger partial charge in [0.2, 0.25) is 0 Å². The Morgan fingerprint density at radius 1 is 1.56 bits per heavy atom. The average molecular weight is 250 g/mol. The van der Waals surface area contributed by atoms with E-state index in [1.165, 1.54) is 6.07 Å². The van der Waals surface area contributed by atoms with E-state index in [1.807, 2.05) is 0 Å². The van der Waals surface area contributed by atoms with Gasteiger partial charge in [0.1, 0.15) is 0 Å². The molecule has 18 heavy (non-hydrogen) atoms. The van der Waals surface area contributed by atoms with Crippen LogP contribution in [0.5, 0.6) is 0 Å². The van der Waals surface area contributed by atoms with Crippen LogP contribution in [-0.2, 0) is 4.74 Å². The topological polar surface area (TPSA) is 84.6 Å². The van der Waals surface area contributed by atoms with Gasteiger partial charge in [-0.05, 0) is 37.5 Å². The number of nitrogens with two attached hydrogens (primary N) is 1. The van der Waals surface area contributed by atoms with Crippen LogP contribution in [0.25, 0.3) is 0 Å². The smallest absolute Gasteiger partial charge is 0.335 e. The number of aromatic carboxylic acids is 1. The summed E-state index contributed by atoms with van der Waals surface area (Å²) in [5.74, 6) is -0.947. The lowest BCUT2D eigenvalue weighted by atomic mass is 10.1. The summed E-state index contributed by atoms with van der Waals surface area (Å²) >= 11 is 0. The molecule has 5 nitrogen and oxygen atoms in total. The van der Waals surface area contributed by atoms with Crippen molar-refractivity contribution < 1.29 is 14.6 Å². The maximum absolute atomic E-state index is 10.9. The van der Waals surface area contributed by atoms with Crippen molar-refractivity contribution in [2.75, 3.05) is 24.2 Å². The molecule has 0 amide bonds. The lowest BCUT2D eigenvalue weighted by Gasteiger charge is -2.13. The molecule has 0 saturated carbocycles. The van der Waals surface area contributed by atoms with Gasteiger partial charge in [-0.25, -0.2) is 4.79 Å². The first-order valence-corrected chi connectivity index (χ1v) is 6.15. The largest absolute Gasteiger partial charge is 0.478 e. The molecule has 0 aliphatic carbocycles. The molecule has 0 spiro atoms. The van der Waals surface area contributed by atoms with Crippen molar-refractivity contribution >= 4 is 17.3 Å². The first-order chi connectivity index (χ1) is 8.66. The van der Waals surface area contributed by atoms with Gasteiger partial charge in [-0.3, -0.25) is 0 Å². The van der Waals surface area contributed by atoms with Crippen LogP contribution in [0.3, 0.4) is 0 Å². The Kier molecular flexibility index (Phi) is 4.04. The van der Waals surface area contributed by atoms with Crippen LogP contribution in [0.15, 0.2) is 18.2 Å². The molecule has 1 saturated heterocycles. The number of carboxylic acid groups (broad SMARTS) is 1. The fourth-order valence-electron chi connectivity index (χ4n) is 2.08. The molecule has 1 aliphatic rings. The minimum atomic E-state index is -0.947. The lowest BCUT2D eigenvalue weighted by Crippen LogP contribution is -2.13. The van der Waals surface area contributed by atoms with Crippen molar-refractivity contribution in [2.24, 2.45) is 0 Å². The minimum absolute atomic E-state index is 0.240. The molecule has 1 aromatic rings. The molecule has 1 aliphatic heterocycles. The second kappa shape index (κ2) is 5.73. The molecule has 1 heterocycles. The number of hydrogen-bond acceptors (Lipinski definition) is 4. The number of anilines is 2. The van der Waals surface area contributed by atoms with Crippen LogP contribution in [-0.4, -0.2) is 30.3 Å². The summed E-state index contributed by atoms with van der Waals surface area (Å²) in [5, 5.41) is 12.1. The normalized spacial score (nSPS) is 18.8. The van der Waals surface area contributed by atoms with Crippen molar-refractivity contribution in [1.82, 2.24) is 0 Å². The highest BCUT2D eigenvalue weighted by Gasteiger charge is 2.15. The van der Waals surface area contributed by atoms with Crippen LogP contribution in [0.2, 0.25) is 0 Å². The molecule has 1 aromatic carbocycles. The van der Waals surface area contributed by atoms with Crippen molar-refractivity contribution in [3.63, 3.8) is 0 Å². The zero-order valence-electron chi connectivity index (χ0n) is 10.2. The molecule has 0 bridgehead atoms. The van der Waals surface area contributed by atoms with Crippen LogP contribution >= 0.6 is 0 Å². The predicted molar refractivity (Wildman–Crippen MR) is 69.9 cm³/mol. The van der Waals surface area contributed by atoms with Gasteiger partial charge >= 0.3 is 5.97 Å². The van der Waals surface area contributed by atoms with Crippen molar-refractivity contribution in [3.8, 4) is 0 Å². The molecule has 0 radical (unpaired) electrons. The highest BCUT2D eigenvalue weighted by molar-refractivity contribution is 5.90. The van der Waals surface area contributed by atoms with E-state index in [2.05, 4.69) is 5.32 Å². The number of carboxylic acids is 1. The van der Waals surface area contributed by atoms with E-state index in [0.29, 0.717) is 17.5 Å². The zero-order chi connectivity index (χ0) is 13.0. The van der Waals surface area contributed by atoms with E-state index in [-0.39, 0.29) is 5.56 Å². The van der Waals surface area contributed by atoms with Crippen LogP contribution in [0.1, 0.15) is 29.6 Å². The number of benzene rings is 1. The molecular weight excluding hydrogens is 232 g/mol. The maximum Gasteiger partial charge on any atom is 0.335 e. The zero-order valence-corrected chi connectivity index (χ0v) is 10.2. The van der Waals surface area contributed by atoms with E-state index in [1.54, 1.807) is 12.1 Å². The van der Waals surface area contributed by atoms with Crippen molar-refractivity contribution in [1.29, 1.82) is 0 Å². The third kappa shape index (κ3) is 3.13. The van der Waals surface area contributed by atoms with E-state index in [9.17, 15) is 4.79 Å². The van der Waals surface area contributed by atoms with E-state index in [4.69, 9.17) is 15.6 Å². The summed E-state index contributed by atoms with van der Waals surface area (Å²) in [6.45, 7) is 1.58. The summed E-state index contributed by atoms with van der Waals surface area (Å²) < 4.78 is 5.52. The Hall–Kier alpha value is -1.75. The van der Waals surface area contributed by atoms with E-state index < -0.39 is 5.97 Å². The molecular formula is C13H18N2O3. The quantitative estimate of drug-likeness (QED) is 0.695. The number of rotatable bonds is 5. The Morgan fingerprint density at radius 2 is 2.39 bits per heavy atom. The maximum atomic E-state index is 10.9. The van der Waals surface area contributed by atoms with Crippen LogP contribution in [0, 0.1) is 0 Å². The SMILES string of the molecule is Nc1ccc(C(=O)O)cc1NCCC1CCCO1. The molecule has 5 heteroatoms. The van der Waals surface area contributed by atoms with Gasteiger partial charge < -0.3 is 20.9 Å². The second-order valence-corrected chi connectivity index (χ2v) is 4.46. The second-order valence-electron chi connectivity index (χ2n) is 4.46. The van der Waals surface area contributed by atoms with Gasteiger partial charge in [0.15, 0.2) is 0 Å². The monoisotopic (exact) mass is 250 g/mol. The Morgan fingerprint density at radius 3 is 3.06 bits per heavy atom. The third-order valence-electron chi connectivity index (χ3n) is 3.11. The summed E-state index contributed by atoms with van der Waals surface area (Å²) in [5.41, 5.74) is 7.27. The van der Waals surface area contributed by atoms with Crippen molar-refractivity contribution in [2.45, 2.75) is 25.4 Å². The number of carbonyl (C=O) groups is 1. The van der Waals surface area contributed by atoms with Gasteiger partial charge in [-0.1, -0.05) is 0 Å². The number of nitrogens with one attached hydrogen (secondary N) is 1. The standard InChI is InChI=1S/C13H18N2O3/c14-11-4-3-9(13(16)17)8-12(11)15-6-5-10-2-1-7-18-10/h3-4,8,10,15H,1-2,5-7,14H2,(H,16,17). The summed E-state index contributed by atoms with van der Waals surface area (Å²) in [7, 11) is 0. The molecule has 1 fully saturated rings. The molecule has 1 unspecified atom stereocenters. The highest BCUT2D eigenvalue weighted by Crippen LogP contribution is 2.21. The third-order valence-corrected chi connectivity index (χ3v) is 3.11. The fraction of sp³-hybridized carbons (Fsp3) is 0.462. The molecule has 1 atom stereocenters. The Balaban J connectivity index is 1.91. The minimum Gasteiger partial charge on any atom is -0.478 e. The van der Waals surface area contributed by atoms with Crippen molar-refractivity contribution in [3.05, 3.63) is 23.8 Å². The van der Waals surface area contributed by atoms with Gasteiger partial charge in [0, 0.05) is 13.2 Å². The number of ether oxygens (including phenoxy) is 1. The van der Waals surface area contributed by atoms with Crippen LogP contribution in [0.4, 0.5) is 11.4 Å². The number of nitrogen functional groups attached to an aromatic ring is 1. The highest BCUT2D eigenvalue weighted by atomic mass is 16.5. The molecule has 2 rings (SSSR count). The summed E-state index contributed by atoms with van der Waals surface area (Å²) in [4.78, 5) is 10.9. The Labute approximate surface area is 106 Å². The predicted octanol–water partition coefficient (Wildman–Crippen LogP) is 1.95. The van der Waals surface area contributed by atoms with Crippen LogP contribution < -0.4 is 11.1 Å². The van der Waals surface area contributed by atoms with Gasteiger partial charge in [0.05, 0.1) is 23.0 Å². The molecule has 4 N–H and O–H groups in total. The first kappa shape index (κ1) is 12.7. The average Bonchev–Trinajstić information content (AvgIpc) is 2.84. The van der Waals surface area contributed by atoms with E-state index >= 15 is 0 Å². The van der Waals surface area contributed by atoms with Gasteiger partial charge in [0.25, 0.3) is 0 Å². The number of hydrogen-bond donors (Lipinski definition) is 3. The summed E-state index contributed by atoms with van der Waals surface area (Å²) in [6, 6.07) is 4.67. The Bertz CT molecular complexity index is 428. The summed E-state index contributed by atoms with van der Waals surface area (Å²) in [6.07, 6.45) is 3.46. The van der Waals surface area contributed by atoms with Gasteiger partial charge in [-0.15, -0.1) is 0 Å². The first-order valence-electron chi connectivity index (χ1n) is 6.15. The fourth-order valence-corrected chi connectivity index (χ4v) is 2.08. The lowest BCUT2D eigenvalue weighted by molar-refractivity contribution is 0.0697.